The van der Waals surface area contributed by atoms with E-state index in [9.17, 15) is 0 Å². The lowest BCUT2D eigenvalue weighted by atomic mass is 10.1. The standard InChI is InChI=1S/C22H16N4/c1-2-4-20-16(3-1)12-21(15-7-9-23-10-8-15)26-22(20)25-19-6-5-17-13-24-14-18(17)11-19/h1-12,14H,13H2,(H,25,26). The fourth-order valence-electron chi connectivity index (χ4n) is 3.28. The van der Waals surface area contributed by atoms with Gasteiger partial charge in [-0.1, -0.05) is 30.3 Å². The number of hydrogen-bond donors (Lipinski definition) is 1. The van der Waals surface area contributed by atoms with E-state index in [1.165, 1.54) is 11.1 Å². The van der Waals surface area contributed by atoms with Gasteiger partial charge in [-0.25, -0.2) is 4.98 Å². The van der Waals surface area contributed by atoms with E-state index in [1.54, 1.807) is 12.4 Å². The van der Waals surface area contributed by atoms with Crippen molar-refractivity contribution >= 4 is 28.5 Å². The maximum absolute atomic E-state index is 4.89. The predicted octanol–water partition coefficient (Wildman–Crippen LogP) is 4.97. The molecule has 3 heterocycles. The minimum Gasteiger partial charge on any atom is -0.340 e. The third-order valence-corrected chi connectivity index (χ3v) is 4.62. The molecule has 0 bridgehead atoms. The van der Waals surface area contributed by atoms with Gasteiger partial charge in [-0.05, 0) is 46.8 Å². The van der Waals surface area contributed by atoms with E-state index in [2.05, 4.69) is 51.7 Å². The fraction of sp³-hybridized carbons (Fsp3) is 0.0455. The highest BCUT2D eigenvalue weighted by molar-refractivity contribution is 5.96. The van der Waals surface area contributed by atoms with E-state index in [0.29, 0.717) is 0 Å². The predicted molar refractivity (Wildman–Crippen MR) is 106 cm³/mol. The van der Waals surface area contributed by atoms with Gasteiger partial charge in [-0.3, -0.25) is 9.98 Å². The summed E-state index contributed by atoms with van der Waals surface area (Å²) in [4.78, 5) is 13.3. The highest BCUT2D eigenvalue weighted by Crippen LogP contribution is 2.30. The maximum atomic E-state index is 4.89. The first-order valence-corrected chi connectivity index (χ1v) is 8.57. The molecule has 0 spiro atoms. The zero-order valence-corrected chi connectivity index (χ0v) is 14.1. The largest absolute Gasteiger partial charge is 0.340 e. The fourth-order valence-corrected chi connectivity index (χ4v) is 3.28. The number of nitrogens with zero attached hydrogens (tertiary/aromatic N) is 3. The summed E-state index contributed by atoms with van der Waals surface area (Å²) in [6, 6.07) is 20.7. The molecule has 0 radical (unpaired) electrons. The summed E-state index contributed by atoms with van der Waals surface area (Å²) in [5.74, 6) is 0.852. The van der Waals surface area contributed by atoms with E-state index in [4.69, 9.17) is 4.98 Å². The SMILES string of the molecule is C1=NCc2ccc(Nc3nc(-c4ccncc4)cc4ccccc34)cc21. The summed E-state index contributed by atoms with van der Waals surface area (Å²) >= 11 is 0. The van der Waals surface area contributed by atoms with Crippen LogP contribution in [0.5, 0.6) is 0 Å². The highest BCUT2D eigenvalue weighted by atomic mass is 15.0. The van der Waals surface area contributed by atoms with Crippen LogP contribution in [0.3, 0.4) is 0 Å². The Kier molecular flexibility index (Phi) is 3.46. The first-order valence-electron chi connectivity index (χ1n) is 8.57. The number of aromatic nitrogens is 2. The normalized spacial score (nSPS) is 12.3. The Morgan fingerprint density at radius 2 is 1.77 bits per heavy atom. The summed E-state index contributed by atoms with van der Waals surface area (Å²) in [5.41, 5.74) is 5.43. The number of anilines is 2. The summed E-state index contributed by atoms with van der Waals surface area (Å²) in [5, 5.41) is 5.75. The van der Waals surface area contributed by atoms with Crippen molar-refractivity contribution in [2.45, 2.75) is 6.54 Å². The van der Waals surface area contributed by atoms with Crippen LogP contribution in [0.1, 0.15) is 11.1 Å². The minimum atomic E-state index is 0.772. The van der Waals surface area contributed by atoms with Gasteiger partial charge in [-0.2, -0.15) is 0 Å². The third kappa shape index (κ3) is 2.62. The Morgan fingerprint density at radius 3 is 2.69 bits per heavy atom. The molecule has 4 heteroatoms. The third-order valence-electron chi connectivity index (χ3n) is 4.62. The quantitative estimate of drug-likeness (QED) is 0.574. The van der Waals surface area contributed by atoms with Gasteiger partial charge in [0.2, 0.25) is 0 Å². The molecule has 1 aliphatic heterocycles. The van der Waals surface area contributed by atoms with Gasteiger partial charge in [0.15, 0.2) is 0 Å². The van der Waals surface area contributed by atoms with Gasteiger partial charge in [0, 0.05) is 35.2 Å². The molecule has 0 fully saturated rings. The van der Waals surface area contributed by atoms with Crippen molar-refractivity contribution in [2.75, 3.05) is 5.32 Å². The number of fused-ring (bicyclic) bond motifs is 2. The average molecular weight is 336 g/mol. The smallest absolute Gasteiger partial charge is 0.138 e. The summed E-state index contributed by atoms with van der Waals surface area (Å²) in [7, 11) is 0. The summed E-state index contributed by atoms with van der Waals surface area (Å²) in [6.07, 6.45) is 5.51. The van der Waals surface area contributed by atoms with E-state index in [-0.39, 0.29) is 0 Å². The molecule has 0 saturated heterocycles. The van der Waals surface area contributed by atoms with Crippen molar-refractivity contribution in [3.8, 4) is 11.3 Å². The van der Waals surface area contributed by atoms with E-state index in [1.807, 2.05) is 30.5 Å². The molecular formula is C22H16N4. The number of rotatable bonds is 3. The average Bonchev–Trinajstić information content (AvgIpc) is 3.16. The van der Waals surface area contributed by atoms with E-state index in [0.717, 1.165) is 40.1 Å². The Morgan fingerprint density at radius 1 is 0.885 bits per heavy atom. The van der Waals surface area contributed by atoms with Gasteiger partial charge >= 0.3 is 0 Å². The summed E-state index contributed by atoms with van der Waals surface area (Å²) in [6.45, 7) is 0.772. The number of hydrogen-bond acceptors (Lipinski definition) is 4. The molecule has 1 aliphatic rings. The minimum absolute atomic E-state index is 0.772. The molecular weight excluding hydrogens is 320 g/mol. The maximum Gasteiger partial charge on any atom is 0.138 e. The van der Waals surface area contributed by atoms with Gasteiger partial charge in [0.05, 0.1) is 12.2 Å². The second-order valence-corrected chi connectivity index (χ2v) is 6.32. The van der Waals surface area contributed by atoms with E-state index < -0.39 is 0 Å². The van der Waals surface area contributed by atoms with Crippen molar-refractivity contribution in [1.29, 1.82) is 0 Å². The van der Waals surface area contributed by atoms with Crippen molar-refractivity contribution in [3.05, 3.63) is 84.2 Å². The topological polar surface area (TPSA) is 50.2 Å². The second kappa shape index (κ2) is 6.08. The lowest BCUT2D eigenvalue weighted by molar-refractivity contribution is 1.11. The Hall–Kier alpha value is -3.53. The van der Waals surface area contributed by atoms with Crippen molar-refractivity contribution in [3.63, 3.8) is 0 Å². The second-order valence-electron chi connectivity index (χ2n) is 6.32. The zero-order chi connectivity index (χ0) is 17.3. The Balaban J connectivity index is 1.63. The Bertz CT molecular complexity index is 1130. The number of aliphatic imine (C=N–C) groups is 1. The number of benzene rings is 2. The molecule has 1 N–H and O–H groups in total. The van der Waals surface area contributed by atoms with Crippen LogP contribution in [0.15, 0.2) is 78.0 Å². The molecule has 2 aromatic carbocycles. The number of nitrogens with one attached hydrogen (secondary N) is 1. The molecule has 0 aliphatic carbocycles. The first kappa shape index (κ1) is 14.8. The lowest BCUT2D eigenvalue weighted by Gasteiger charge is -2.12. The highest BCUT2D eigenvalue weighted by Gasteiger charge is 2.10. The molecule has 0 unspecified atom stereocenters. The summed E-state index contributed by atoms with van der Waals surface area (Å²) < 4.78 is 0. The molecule has 0 atom stereocenters. The monoisotopic (exact) mass is 336 g/mol. The molecule has 2 aromatic heterocycles. The van der Waals surface area contributed by atoms with Gasteiger partial charge in [0.1, 0.15) is 5.82 Å². The van der Waals surface area contributed by atoms with Crippen LogP contribution in [0.4, 0.5) is 11.5 Å². The van der Waals surface area contributed by atoms with Crippen molar-refractivity contribution in [1.82, 2.24) is 9.97 Å². The van der Waals surface area contributed by atoms with Gasteiger partial charge in [-0.15, -0.1) is 0 Å². The lowest BCUT2D eigenvalue weighted by Crippen LogP contribution is -1.98. The van der Waals surface area contributed by atoms with Crippen LogP contribution in [0.2, 0.25) is 0 Å². The molecule has 0 saturated carbocycles. The van der Waals surface area contributed by atoms with Crippen LogP contribution in [0.25, 0.3) is 22.0 Å². The van der Waals surface area contributed by atoms with Crippen LogP contribution in [-0.2, 0) is 6.54 Å². The van der Waals surface area contributed by atoms with Gasteiger partial charge < -0.3 is 5.32 Å². The van der Waals surface area contributed by atoms with Crippen LogP contribution < -0.4 is 5.32 Å². The van der Waals surface area contributed by atoms with Crippen LogP contribution in [-0.4, -0.2) is 16.2 Å². The molecule has 4 nitrogen and oxygen atoms in total. The molecule has 5 rings (SSSR count). The van der Waals surface area contributed by atoms with Gasteiger partial charge in [0.25, 0.3) is 0 Å². The molecule has 124 valence electrons. The molecule has 0 amide bonds. The molecule has 4 aromatic rings. The van der Waals surface area contributed by atoms with Crippen LogP contribution >= 0.6 is 0 Å². The zero-order valence-electron chi connectivity index (χ0n) is 14.1. The first-order chi connectivity index (χ1) is 12.9. The van der Waals surface area contributed by atoms with Crippen molar-refractivity contribution < 1.29 is 0 Å². The van der Waals surface area contributed by atoms with Crippen molar-refractivity contribution in [2.24, 2.45) is 4.99 Å². The number of pyridine rings is 2. The Labute approximate surface area is 151 Å². The van der Waals surface area contributed by atoms with E-state index >= 15 is 0 Å². The van der Waals surface area contributed by atoms with Crippen LogP contribution in [0, 0.1) is 0 Å². The molecule has 26 heavy (non-hydrogen) atoms.